The number of halogens is 2. The van der Waals surface area contributed by atoms with E-state index in [4.69, 9.17) is 27.9 Å². The second-order valence-corrected chi connectivity index (χ2v) is 2.81. The Morgan fingerprint density at radius 2 is 1.92 bits per heavy atom. The number of methoxy groups -OCH3 is 1. The topological polar surface area (TPSA) is 9.23 Å². The Labute approximate surface area is 81.6 Å². The number of hydrogen-bond donors (Lipinski definition) is 0. The first kappa shape index (κ1) is 9.43. The van der Waals surface area contributed by atoms with Gasteiger partial charge in [0.15, 0.2) is 0 Å². The standard InChI is InChI=1S/C9H8Cl2O/c1-12-8-4-2-7(3-5-8)9(11)6-10/h2-6H,1H3/b9-6-. The number of rotatable bonds is 2. The Kier molecular flexibility index (Phi) is 3.45. The van der Waals surface area contributed by atoms with Crippen molar-refractivity contribution in [3.63, 3.8) is 0 Å². The van der Waals surface area contributed by atoms with Gasteiger partial charge in [-0.2, -0.15) is 0 Å². The van der Waals surface area contributed by atoms with Gasteiger partial charge in [0.05, 0.1) is 12.1 Å². The van der Waals surface area contributed by atoms with Crippen LogP contribution in [0.5, 0.6) is 5.75 Å². The fourth-order valence-electron chi connectivity index (χ4n) is 0.813. The van der Waals surface area contributed by atoms with E-state index >= 15 is 0 Å². The fourth-order valence-corrected chi connectivity index (χ4v) is 1.07. The van der Waals surface area contributed by atoms with Crippen molar-refractivity contribution in [2.24, 2.45) is 0 Å². The van der Waals surface area contributed by atoms with Gasteiger partial charge in [-0.3, -0.25) is 0 Å². The quantitative estimate of drug-likeness (QED) is 0.714. The highest BCUT2D eigenvalue weighted by atomic mass is 35.5. The van der Waals surface area contributed by atoms with Crippen LogP contribution in [0.2, 0.25) is 0 Å². The first-order chi connectivity index (χ1) is 5.77. The van der Waals surface area contributed by atoms with Crippen molar-refractivity contribution < 1.29 is 4.74 Å². The van der Waals surface area contributed by atoms with Crippen LogP contribution in [0.3, 0.4) is 0 Å². The van der Waals surface area contributed by atoms with Crippen molar-refractivity contribution in [2.75, 3.05) is 7.11 Å². The van der Waals surface area contributed by atoms with Gasteiger partial charge < -0.3 is 4.74 Å². The summed E-state index contributed by atoms with van der Waals surface area (Å²) in [6, 6.07) is 7.36. The van der Waals surface area contributed by atoms with Gasteiger partial charge >= 0.3 is 0 Å². The van der Waals surface area contributed by atoms with Crippen LogP contribution in [0.15, 0.2) is 29.8 Å². The molecule has 0 atom stereocenters. The van der Waals surface area contributed by atoms with Crippen LogP contribution in [-0.2, 0) is 0 Å². The lowest BCUT2D eigenvalue weighted by Gasteiger charge is -2.00. The molecule has 0 aromatic heterocycles. The molecule has 0 spiro atoms. The van der Waals surface area contributed by atoms with Crippen molar-refractivity contribution in [1.29, 1.82) is 0 Å². The van der Waals surface area contributed by atoms with Crippen molar-refractivity contribution in [2.45, 2.75) is 0 Å². The molecule has 0 saturated carbocycles. The summed E-state index contributed by atoms with van der Waals surface area (Å²) >= 11 is 11.2. The number of hydrogen-bond acceptors (Lipinski definition) is 1. The third kappa shape index (κ3) is 2.16. The van der Waals surface area contributed by atoms with Crippen LogP contribution in [0.1, 0.15) is 5.56 Å². The van der Waals surface area contributed by atoms with Crippen molar-refractivity contribution in [3.8, 4) is 5.75 Å². The van der Waals surface area contributed by atoms with Crippen LogP contribution in [0, 0.1) is 0 Å². The zero-order chi connectivity index (χ0) is 8.97. The van der Waals surface area contributed by atoms with Gasteiger partial charge in [-0.1, -0.05) is 23.2 Å². The minimum absolute atomic E-state index is 0.527. The van der Waals surface area contributed by atoms with Crippen LogP contribution in [0.25, 0.3) is 5.03 Å². The van der Waals surface area contributed by atoms with E-state index in [2.05, 4.69) is 0 Å². The molecule has 0 aliphatic heterocycles. The maximum absolute atomic E-state index is 5.77. The van der Waals surface area contributed by atoms with E-state index in [0.29, 0.717) is 5.03 Å². The molecule has 0 fully saturated rings. The van der Waals surface area contributed by atoms with E-state index < -0.39 is 0 Å². The normalized spacial score (nSPS) is 11.4. The molecule has 0 unspecified atom stereocenters. The highest BCUT2D eigenvalue weighted by Crippen LogP contribution is 2.21. The van der Waals surface area contributed by atoms with Crippen LogP contribution in [0.4, 0.5) is 0 Å². The van der Waals surface area contributed by atoms with Gasteiger partial charge in [0, 0.05) is 5.54 Å². The third-order valence-electron chi connectivity index (χ3n) is 1.46. The molecule has 1 rings (SSSR count). The predicted molar refractivity (Wildman–Crippen MR) is 52.7 cm³/mol. The van der Waals surface area contributed by atoms with E-state index in [9.17, 15) is 0 Å². The second kappa shape index (κ2) is 4.39. The maximum Gasteiger partial charge on any atom is 0.118 e. The van der Waals surface area contributed by atoms with Crippen molar-refractivity contribution in [1.82, 2.24) is 0 Å². The van der Waals surface area contributed by atoms with E-state index in [1.54, 1.807) is 7.11 Å². The summed E-state index contributed by atoms with van der Waals surface area (Å²) < 4.78 is 4.99. The molecule has 1 nitrogen and oxygen atoms in total. The molecule has 3 heteroatoms. The lowest BCUT2D eigenvalue weighted by atomic mass is 10.2. The molecule has 0 amide bonds. The first-order valence-electron chi connectivity index (χ1n) is 3.38. The molecule has 1 aromatic carbocycles. The lowest BCUT2D eigenvalue weighted by molar-refractivity contribution is 0.415. The molecule has 0 heterocycles. The Bertz CT molecular complexity index is 277. The van der Waals surface area contributed by atoms with Crippen molar-refractivity contribution in [3.05, 3.63) is 35.4 Å². The Morgan fingerprint density at radius 3 is 2.33 bits per heavy atom. The van der Waals surface area contributed by atoms with Crippen LogP contribution < -0.4 is 4.74 Å². The lowest BCUT2D eigenvalue weighted by Crippen LogP contribution is -1.82. The highest BCUT2D eigenvalue weighted by Gasteiger charge is 1.96. The Balaban J connectivity index is 2.92. The summed E-state index contributed by atoms with van der Waals surface area (Å²) in [6.45, 7) is 0. The van der Waals surface area contributed by atoms with Gasteiger partial charge in [-0.25, -0.2) is 0 Å². The SMILES string of the molecule is COc1ccc(/C(Cl)=C/Cl)cc1. The molecular formula is C9H8Cl2O. The van der Waals surface area contributed by atoms with Gasteiger partial charge in [-0.15, -0.1) is 0 Å². The summed E-state index contributed by atoms with van der Waals surface area (Å²) in [5.74, 6) is 0.804. The largest absolute Gasteiger partial charge is 0.497 e. The smallest absolute Gasteiger partial charge is 0.118 e. The first-order valence-corrected chi connectivity index (χ1v) is 4.19. The van der Waals surface area contributed by atoms with Crippen LogP contribution in [-0.4, -0.2) is 7.11 Å². The molecule has 0 aliphatic carbocycles. The number of ether oxygens (including phenoxy) is 1. The summed E-state index contributed by atoms with van der Waals surface area (Å²) in [4.78, 5) is 0. The van der Waals surface area contributed by atoms with E-state index in [0.717, 1.165) is 11.3 Å². The zero-order valence-corrected chi connectivity index (χ0v) is 8.06. The molecule has 0 radical (unpaired) electrons. The molecule has 0 aliphatic rings. The maximum atomic E-state index is 5.77. The van der Waals surface area contributed by atoms with E-state index in [1.807, 2.05) is 24.3 Å². The van der Waals surface area contributed by atoms with Gasteiger partial charge in [-0.05, 0) is 29.8 Å². The molecular weight excluding hydrogens is 195 g/mol. The molecule has 0 bridgehead atoms. The zero-order valence-electron chi connectivity index (χ0n) is 6.55. The monoisotopic (exact) mass is 202 g/mol. The molecule has 0 N–H and O–H groups in total. The highest BCUT2D eigenvalue weighted by molar-refractivity contribution is 6.52. The van der Waals surface area contributed by atoms with E-state index in [-0.39, 0.29) is 0 Å². The Morgan fingerprint density at radius 1 is 1.33 bits per heavy atom. The van der Waals surface area contributed by atoms with Gasteiger partial charge in [0.1, 0.15) is 5.75 Å². The minimum Gasteiger partial charge on any atom is -0.497 e. The van der Waals surface area contributed by atoms with Gasteiger partial charge in [0.25, 0.3) is 0 Å². The third-order valence-corrected chi connectivity index (χ3v) is 2.12. The van der Waals surface area contributed by atoms with Crippen molar-refractivity contribution >= 4 is 28.2 Å². The fraction of sp³-hybridized carbons (Fsp3) is 0.111. The molecule has 64 valence electrons. The predicted octanol–water partition coefficient (Wildman–Crippen LogP) is 3.47. The second-order valence-electron chi connectivity index (χ2n) is 2.19. The summed E-state index contributed by atoms with van der Waals surface area (Å²) in [5, 5.41) is 0.527. The molecule has 12 heavy (non-hydrogen) atoms. The van der Waals surface area contributed by atoms with E-state index in [1.165, 1.54) is 5.54 Å². The van der Waals surface area contributed by atoms with Crippen LogP contribution >= 0.6 is 23.2 Å². The summed E-state index contributed by atoms with van der Waals surface area (Å²) in [5.41, 5.74) is 2.22. The van der Waals surface area contributed by atoms with Gasteiger partial charge in [0.2, 0.25) is 0 Å². The number of benzene rings is 1. The molecule has 0 saturated heterocycles. The summed E-state index contributed by atoms with van der Waals surface area (Å²) in [7, 11) is 1.62. The summed E-state index contributed by atoms with van der Waals surface area (Å²) in [6.07, 6.45) is 0. The average molecular weight is 203 g/mol. The Hall–Kier alpha value is -0.660. The average Bonchev–Trinajstić information content (AvgIpc) is 2.17. The minimum atomic E-state index is 0.527. The molecule has 1 aromatic rings.